The number of halogens is 1. The van der Waals surface area contributed by atoms with Crippen LogP contribution in [0.1, 0.15) is 42.2 Å². The van der Waals surface area contributed by atoms with E-state index in [1.807, 2.05) is 0 Å². The third-order valence-electron chi connectivity index (χ3n) is 4.25. The van der Waals surface area contributed by atoms with Crippen LogP contribution in [-0.4, -0.2) is 22.6 Å². The maximum absolute atomic E-state index is 13.0. The molecule has 2 aromatic heterocycles. The average Bonchev–Trinajstić information content (AvgIpc) is 3.22. The number of fused-ring (bicyclic) bond motifs is 1. The van der Waals surface area contributed by atoms with E-state index in [1.165, 1.54) is 48.5 Å². The van der Waals surface area contributed by atoms with Crippen LogP contribution in [0, 0.1) is 5.82 Å². The van der Waals surface area contributed by atoms with Crippen molar-refractivity contribution in [2.24, 2.45) is 0 Å². The molecule has 2 aromatic rings. The Balaban J connectivity index is 1.58. The number of nitrogens with one attached hydrogen (secondary N) is 1. The summed E-state index contributed by atoms with van der Waals surface area (Å²) < 4.78 is 13.0. The lowest BCUT2D eigenvalue weighted by molar-refractivity contribution is 0.500. The minimum atomic E-state index is -0.299. The lowest BCUT2D eigenvalue weighted by Crippen LogP contribution is -2.25. The largest absolute Gasteiger partial charge is 0.313 e. The zero-order valence-corrected chi connectivity index (χ0v) is 12.6. The third kappa shape index (κ3) is 2.85. The van der Waals surface area contributed by atoms with E-state index in [9.17, 15) is 4.39 Å². The quantitative estimate of drug-likeness (QED) is 0.939. The molecule has 0 aromatic carbocycles. The molecule has 0 bridgehead atoms. The van der Waals surface area contributed by atoms with Crippen LogP contribution in [0.25, 0.3) is 10.7 Å². The lowest BCUT2D eigenvalue weighted by atomic mass is 9.91. The van der Waals surface area contributed by atoms with E-state index in [4.69, 9.17) is 4.98 Å². The minimum absolute atomic E-state index is 0.299. The predicted octanol–water partition coefficient (Wildman–Crippen LogP) is 3.52. The molecule has 0 aliphatic heterocycles. The van der Waals surface area contributed by atoms with Crippen molar-refractivity contribution in [1.82, 2.24) is 15.3 Å². The van der Waals surface area contributed by atoms with Crippen LogP contribution >= 0.6 is 11.3 Å². The standard InChI is InChI=1S/C16H18FN3S/c17-11-4-7-13(19-9-11)16-20-15-10(8-18-12-5-6-12)2-1-3-14(15)21-16/h4,7,9-10,12,18H,1-3,5-6,8H2. The Kier molecular flexibility index (Phi) is 3.47. The molecule has 2 heterocycles. The van der Waals surface area contributed by atoms with Gasteiger partial charge in [0.25, 0.3) is 0 Å². The monoisotopic (exact) mass is 303 g/mol. The first kappa shape index (κ1) is 13.3. The molecule has 0 saturated heterocycles. The molecule has 1 saturated carbocycles. The van der Waals surface area contributed by atoms with Crippen LogP contribution in [0.2, 0.25) is 0 Å². The predicted molar refractivity (Wildman–Crippen MR) is 82.0 cm³/mol. The van der Waals surface area contributed by atoms with Crippen molar-refractivity contribution in [3.8, 4) is 10.7 Å². The number of aromatic nitrogens is 2. The van der Waals surface area contributed by atoms with Crippen molar-refractivity contribution in [3.63, 3.8) is 0 Å². The summed E-state index contributed by atoms with van der Waals surface area (Å²) in [5.41, 5.74) is 2.03. The average molecular weight is 303 g/mol. The van der Waals surface area contributed by atoms with Gasteiger partial charge in [-0.15, -0.1) is 11.3 Å². The number of hydrogen-bond acceptors (Lipinski definition) is 4. The topological polar surface area (TPSA) is 37.8 Å². The van der Waals surface area contributed by atoms with Crippen molar-refractivity contribution < 1.29 is 4.39 Å². The van der Waals surface area contributed by atoms with E-state index in [0.717, 1.165) is 29.7 Å². The van der Waals surface area contributed by atoms with Crippen LogP contribution in [0.15, 0.2) is 18.3 Å². The highest BCUT2D eigenvalue weighted by molar-refractivity contribution is 7.15. The van der Waals surface area contributed by atoms with Gasteiger partial charge in [-0.3, -0.25) is 4.98 Å². The number of hydrogen-bond donors (Lipinski definition) is 1. The van der Waals surface area contributed by atoms with Gasteiger partial charge in [0.1, 0.15) is 10.8 Å². The highest BCUT2D eigenvalue weighted by Crippen LogP contribution is 2.37. The number of thiazole rings is 1. The van der Waals surface area contributed by atoms with Gasteiger partial charge in [-0.2, -0.15) is 0 Å². The van der Waals surface area contributed by atoms with E-state index in [1.54, 1.807) is 17.4 Å². The fourth-order valence-corrected chi connectivity index (χ4v) is 4.08. The zero-order chi connectivity index (χ0) is 14.2. The van der Waals surface area contributed by atoms with E-state index in [0.29, 0.717) is 5.92 Å². The van der Waals surface area contributed by atoms with Crippen LogP contribution in [0.5, 0.6) is 0 Å². The molecule has 3 nitrogen and oxygen atoms in total. The molecule has 1 atom stereocenters. The van der Waals surface area contributed by atoms with Gasteiger partial charge in [-0.25, -0.2) is 9.37 Å². The molecular formula is C16H18FN3S. The maximum atomic E-state index is 13.0. The SMILES string of the molecule is Fc1ccc(-c2nc3c(s2)CCCC3CNC2CC2)nc1. The normalized spacial score (nSPS) is 21.3. The Bertz CT molecular complexity index is 633. The van der Waals surface area contributed by atoms with Gasteiger partial charge in [-0.05, 0) is 44.2 Å². The molecule has 1 fully saturated rings. The number of nitrogens with zero attached hydrogens (tertiary/aromatic N) is 2. The van der Waals surface area contributed by atoms with Gasteiger partial charge in [-0.1, -0.05) is 0 Å². The first-order valence-corrected chi connectivity index (χ1v) is 8.46. The number of rotatable bonds is 4. The van der Waals surface area contributed by atoms with Gasteiger partial charge in [0.2, 0.25) is 0 Å². The summed E-state index contributed by atoms with van der Waals surface area (Å²) in [6.45, 7) is 1.04. The van der Waals surface area contributed by atoms with Crippen LogP contribution < -0.4 is 5.32 Å². The van der Waals surface area contributed by atoms with Crippen molar-refractivity contribution in [2.45, 2.75) is 44.1 Å². The smallest absolute Gasteiger partial charge is 0.142 e. The van der Waals surface area contributed by atoms with E-state index in [2.05, 4.69) is 10.3 Å². The van der Waals surface area contributed by atoms with Crippen molar-refractivity contribution in [3.05, 3.63) is 34.7 Å². The van der Waals surface area contributed by atoms with Gasteiger partial charge >= 0.3 is 0 Å². The maximum Gasteiger partial charge on any atom is 0.142 e. The molecule has 2 aliphatic carbocycles. The highest BCUT2D eigenvalue weighted by Gasteiger charge is 2.28. The summed E-state index contributed by atoms with van der Waals surface area (Å²) >= 11 is 1.72. The Morgan fingerprint density at radius 3 is 2.95 bits per heavy atom. The second kappa shape index (κ2) is 5.46. The Morgan fingerprint density at radius 2 is 2.19 bits per heavy atom. The van der Waals surface area contributed by atoms with Crippen LogP contribution in [0.4, 0.5) is 4.39 Å². The van der Waals surface area contributed by atoms with Crippen LogP contribution in [-0.2, 0) is 6.42 Å². The number of aryl methyl sites for hydroxylation is 1. The molecule has 0 amide bonds. The van der Waals surface area contributed by atoms with Crippen molar-refractivity contribution >= 4 is 11.3 Å². The zero-order valence-electron chi connectivity index (χ0n) is 11.8. The molecule has 2 aliphatic rings. The summed E-state index contributed by atoms with van der Waals surface area (Å²) in [6.07, 6.45) is 7.48. The second-order valence-corrected chi connectivity index (χ2v) is 7.04. The van der Waals surface area contributed by atoms with Crippen LogP contribution in [0.3, 0.4) is 0 Å². The lowest BCUT2D eigenvalue weighted by Gasteiger charge is -2.21. The fraction of sp³-hybridized carbons (Fsp3) is 0.500. The molecule has 1 N–H and O–H groups in total. The van der Waals surface area contributed by atoms with Gasteiger partial charge < -0.3 is 5.32 Å². The molecule has 0 spiro atoms. The van der Waals surface area contributed by atoms with Crippen molar-refractivity contribution in [2.75, 3.05) is 6.54 Å². The molecule has 1 unspecified atom stereocenters. The minimum Gasteiger partial charge on any atom is -0.313 e. The molecule has 0 radical (unpaired) electrons. The summed E-state index contributed by atoms with van der Waals surface area (Å²) in [5, 5.41) is 4.55. The number of pyridine rings is 1. The Labute approximate surface area is 127 Å². The van der Waals surface area contributed by atoms with Gasteiger partial charge in [0, 0.05) is 23.4 Å². The highest BCUT2D eigenvalue weighted by atomic mass is 32.1. The first-order chi connectivity index (χ1) is 10.3. The Morgan fingerprint density at radius 1 is 1.29 bits per heavy atom. The summed E-state index contributed by atoms with van der Waals surface area (Å²) in [5.74, 6) is 0.228. The van der Waals surface area contributed by atoms with Gasteiger partial charge in [0.05, 0.1) is 17.6 Å². The summed E-state index contributed by atoms with van der Waals surface area (Å²) in [6, 6.07) is 3.92. The summed E-state index contributed by atoms with van der Waals surface area (Å²) in [7, 11) is 0. The molecule has 21 heavy (non-hydrogen) atoms. The first-order valence-electron chi connectivity index (χ1n) is 7.64. The molecule has 5 heteroatoms. The van der Waals surface area contributed by atoms with E-state index >= 15 is 0 Å². The van der Waals surface area contributed by atoms with Gasteiger partial charge in [0.15, 0.2) is 0 Å². The van der Waals surface area contributed by atoms with Crippen molar-refractivity contribution in [1.29, 1.82) is 0 Å². The Hall–Kier alpha value is -1.33. The molecule has 4 rings (SSSR count). The third-order valence-corrected chi connectivity index (χ3v) is 5.40. The van der Waals surface area contributed by atoms with E-state index in [-0.39, 0.29) is 5.82 Å². The van der Waals surface area contributed by atoms with E-state index < -0.39 is 0 Å². The molecule has 110 valence electrons. The summed E-state index contributed by atoms with van der Waals surface area (Å²) in [4.78, 5) is 10.4. The second-order valence-electron chi connectivity index (χ2n) is 5.96. The fourth-order valence-electron chi connectivity index (χ4n) is 2.91. The molecular weight excluding hydrogens is 285 g/mol.